The first-order chi connectivity index (χ1) is 26.7. The van der Waals surface area contributed by atoms with Crippen LogP contribution >= 0.6 is 11.3 Å². The van der Waals surface area contributed by atoms with Crippen LogP contribution in [0.3, 0.4) is 0 Å². The van der Waals surface area contributed by atoms with Gasteiger partial charge < -0.3 is 4.42 Å². The van der Waals surface area contributed by atoms with Crippen molar-refractivity contribution in [3.05, 3.63) is 176 Å². The standard InChI is InChI=1S/C49H29N3OS/c1-3-11-30(12-4-1)31-19-21-33(22-20-31)47-50-48(34-24-26-45-41(27-34)38-16-9-10-18-44(38)54-45)52-49(51-47)35-23-25-37-42-29-40(32-13-5-2-6-14-32)36-15-7-8-17-39(36)46(42)53-43(37)28-35/h1-29H. The van der Waals surface area contributed by atoms with Crippen LogP contribution in [0.15, 0.2) is 180 Å². The van der Waals surface area contributed by atoms with Crippen molar-refractivity contribution in [2.24, 2.45) is 0 Å². The van der Waals surface area contributed by atoms with Crippen LogP contribution in [0.4, 0.5) is 0 Å². The monoisotopic (exact) mass is 707 g/mol. The SMILES string of the molecule is c1ccc(-c2ccc(-c3nc(-c4ccc5c(c4)oc4c6ccccc6c(-c6ccccc6)cc54)nc(-c4ccc5sc6ccccc6c5c4)n3)cc2)cc1. The molecule has 0 fully saturated rings. The summed E-state index contributed by atoms with van der Waals surface area (Å²) in [4.78, 5) is 15.3. The maximum absolute atomic E-state index is 6.71. The lowest BCUT2D eigenvalue weighted by Crippen LogP contribution is -2.00. The Balaban J connectivity index is 1.09. The summed E-state index contributed by atoms with van der Waals surface area (Å²) in [6, 6.07) is 61.6. The highest BCUT2D eigenvalue weighted by molar-refractivity contribution is 7.25. The zero-order chi connectivity index (χ0) is 35.6. The van der Waals surface area contributed by atoms with E-state index in [0.717, 1.165) is 55.0 Å². The fraction of sp³-hybridized carbons (Fsp3) is 0. The summed E-state index contributed by atoms with van der Waals surface area (Å²) in [5.41, 5.74) is 9.07. The van der Waals surface area contributed by atoms with E-state index >= 15 is 0 Å². The van der Waals surface area contributed by atoms with Crippen molar-refractivity contribution in [2.75, 3.05) is 0 Å². The first-order valence-corrected chi connectivity index (χ1v) is 18.8. The molecule has 0 aliphatic rings. The molecule has 54 heavy (non-hydrogen) atoms. The average Bonchev–Trinajstić information content (AvgIpc) is 3.82. The summed E-state index contributed by atoms with van der Waals surface area (Å²) >= 11 is 1.80. The van der Waals surface area contributed by atoms with E-state index in [1.165, 1.54) is 36.9 Å². The second-order valence-corrected chi connectivity index (χ2v) is 14.7. The predicted molar refractivity (Wildman–Crippen MR) is 225 cm³/mol. The summed E-state index contributed by atoms with van der Waals surface area (Å²) in [6.45, 7) is 0. The number of hydrogen-bond donors (Lipinski definition) is 0. The van der Waals surface area contributed by atoms with Crippen LogP contribution in [0.5, 0.6) is 0 Å². The van der Waals surface area contributed by atoms with Gasteiger partial charge in [-0.1, -0.05) is 133 Å². The molecule has 11 aromatic rings. The molecule has 0 unspecified atom stereocenters. The second-order valence-electron chi connectivity index (χ2n) is 13.6. The molecule has 0 bridgehead atoms. The third-order valence-electron chi connectivity index (χ3n) is 10.3. The fourth-order valence-corrected chi connectivity index (χ4v) is 8.75. The van der Waals surface area contributed by atoms with Gasteiger partial charge in [0.1, 0.15) is 11.2 Å². The molecule has 0 spiro atoms. The molecule has 0 atom stereocenters. The van der Waals surface area contributed by atoms with E-state index in [9.17, 15) is 0 Å². The molecule has 3 heterocycles. The minimum Gasteiger partial charge on any atom is -0.455 e. The van der Waals surface area contributed by atoms with Gasteiger partial charge in [-0.05, 0) is 70.1 Å². The number of fused-ring (bicyclic) bond motifs is 8. The lowest BCUT2D eigenvalue weighted by Gasteiger charge is -2.09. The summed E-state index contributed by atoms with van der Waals surface area (Å²) in [7, 11) is 0. The Morgan fingerprint density at radius 1 is 0.333 bits per heavy atom. The minimum absolute atomic E-state index is 0.592. The van der Waals surface area contributed by atoms with E-state index in [4.69, 9.17) is 19.4 Å². The van der Waals surface area contributed by atoms with Gasteiger partial charge in [-0.15, -0.1) is 11.3 Å². The summed E-state index contributed by atoms with van der Waals surface area (Å²) in [6.07, 6.45) is 0. The maximum Gasteiger partial charge on any atom is 0.164 e. The first kappa shape index (κ1) is 30.7. The van der Waals surface area contributed by atoms with Gasteiger partial charge in [0.25, 0.3) is 0 Å². The zero-order valence-electron chi connectivity index (χ0n) is 28.9. The van der Waals surface area contributed by atoms with Gasteiger partial charge in [0, 0.05) is 53.0 Å². The van der Waals surface area contributed by atoms with Gasteiger partial charge in [0.2, 0.25) is 0 Å². The van der Waals surface area contributed by atoms with Crippen LogP contribution in [0.25, 0.3) is 109 Å². The summed E-state index contributed by atoms with van der Waals surface area (Å²) < 4.78 is 9.22. The van der Waals surface area contributed by atoms with Crippen molar-refractivity contribution in [3.63, 3.8) is 0 Å². The van der Waals surface area contributed by atoms with E-state index < -0.39 is 0 Å². The lowest BCUT2D eigenvalue weighted by atomic mass is 9.95. The number of furan rings is 1. The molecule has 0 N–H and O–H groups in total. The highest BCUT2D eigenvalue weighted by Crippen LogP contribution is 2.41. The Morgan fingerprint density at radius 3 is 1.63 bits per heavy atom. The molecular formula is C49H29N3OS. The first-order valence-electron chi connectivity index (χ1n) is 18.0. The largest absolute Gasteiger partial charge is 0.455 e. The van der Waals surface area contributed by atoms with Gasteiger partial charge in [-0.3, -0.25) is 0 Å². The molecule has 8 aromatic carbocycles. The van der Waals surface area contributed by atoms with E-state index in [-0.39, 0.29) is 0 Å². The molecule has 0 aliphatic carbocycles. The number of benzene rings is 8. The predicted octanol–water partition coefficient (Wildman–Crippen LogP) is 13.6. The molecule has 252 valence electrons. The molecule has 3 aromatic heterocycles. The molecule has 0 amide bonds. The molecule has 5 heteroatoms. The molecule has 0 saturated carbocycles. The van der Waals surface area contributed by atoms with Gasteiger partial charge in [0.05, 0.1) is 0 Å². The van der Waals surface area contributed by atoms with Crippen molar-refractivity contribution in [1.82, 2.24) is 15.0 Å². The van der Waals surface area contributed by atoms with Crippen LogP contribution in [0.1, 0.15) is 0 Å². The Hall–Kier alpha value is -6.95. The zero-order valence-corrected chi connectivity index (χ0v) is 29.7. The van der Waals surface area contributed by atoms with Crippen LogP contribution in [0, 0.1) is 0 Å². The smallest absolute Gasteiger partial charge is 0.164 e. The second kappa shape index (κ2) is 12.3. The van der Waals surface area contributed by atoms with Crippen LogP contribution in [0.2, 0.25) is 0 Å². The third kappa shape index (κ3) is 5.09. The maximum atomic E-state index is 6.71. The van der Waals surface area contributed by atoms with E-state index in [1.54, 1.807) is 11.3 Å². The number of rotatable bonds is 5. The van der Waals surface area contributed by atoms with Crippen LogP contribution in [-0.4, -0.2) is 15.0 Å². The van der Waals surface area contributed by atoms with E-state index in [1.807, 2.05) is 6.07 Å². The molecular weight excluding hydrogens is 679 g/mol. The highest BCUT2D eigenvalue weighted by atomic mass is 32.1. The van der Waals surface area contributed by atoms with E-state index in [2.05, 4.69) is 170 Å². The van der Waals surface area contributed by atoms with E-state index in [0.29, 0.717) is 17.5 Å². The Morgan fingerprint density at radius 2 is 0.870 bits per heavy atom. The van der Waals surface area contributed by atoms with Gasteiger partial charge in [-0.25, -0.2) is 15.0 Å². The van der Waals surface area contributed by atoms with Crippen LogP contribution < -0.4 is 0 Å². The summed E-state index contributed by atoms with van der Waals surface area (Å²) in [5.74, 6) is 1.84. The third-order valence-corrected chi connectivity index (χ3v) is 11.5. The van der Waals surface area contributed by atoms with Crippen molar-refractivity contribution < 1.29 is 4.42 Å². The fourth-order valence-electron chi connectivity index (χ4n) is 7.66. The van der Waals surface area contributed by atoms with Crippen molar-refractivity contribution in [1.29, 1.82) is 0 Å². The number of nitrogens with zero attached hydrogens (tertiary/aromatic N) is 3. The van der Waals surface area contributed by atoms with Gasteiger partial charge in [0.15, 0.2) is 17.5 Å². The normalized spacial score (nSPS) is 11.7. The molecule has 4 nitrogen and oxygen atoms in total. The number of hydrogen-bond acceptors (Lipinski definition) is 5. The summed E-state index contributed by atoms with van der Waals surface area (Å²) in [5, 5.41) is 6.83. The lowest BCUT2D eigenvalue weighted by molar-refractivity contribution is 0.673. The molecule has 11 rings (SSSR count). The van der Waals surface area contributed by atoms with Crippen molar-refractivity contribution in [3.8, 4) is 56.4 Å². The molecule has 0 aliphatic heterocycles. The minimum atomic E-state index is 0.592. The number of aromatic nitrogens is 3. The van der Waals surface area contributed by atoms with Gasteiger partial charge >= 0.3 is 0 Å². The van der Waals surface area contributed by atoms with Crippen molar-refractivity contribution >= 4 is 64.2 Å². The average molecular weight is 708 g/mol. The van der Waals surface area contributed by atoms with Crippen LogP contribution in [-0.2, 0) is 0 Å². The Labute approximate surface area is 314 Å². The van der Waals surface area contributed by atoms with Gasteiger partial charge in [-0.2, -0.15) is 0 Å². The highest BCUT2D eigenvalue weighted by Gasteiger charge is 2.18. The Bertz CT molecular complexity index is 3200. The number of thiophene rings is 1. The quantitative estimate of drug-likeness (QED) is 0.179. The Kier molecular flexibility index (Phi) is 7.00. The topological polar surface area (TPSA) is 51.8 Å². The molecule has 0 radical (unpaired) electrons. The van der Waals surface area contributed by atoms with Crippen molar-refractivity contribution in [2.45, 2.75) is 0 Å². The molecule has 0 saturated heterocycles.